The van der Waals surface area contributed by atoms with Gasteiger partial charge in [0.1, 0.15) is 6.54 Å². The number of hydrogen-bond donors (Lipinski definition) is 2. The molecule has 0 fully saturated rings. The third-order valence-electron chi connectivity index (χ3n) is 4.79. The molecule has 0 radical (unpaired) electrons. The minimum absolute atomic E-state index is 0.00395. The number of rotatable bonds is 9. The van der Waals surface area contributed by atoms with Crippen molar-refractivity contribution in [3.63, 3.8) is 0 Å². The highest BCUT2D eigenvalue weighted by Gasteiger charge is 2.13. The van der Waals surface area contributed by atoms with E-state index in [1.807, 2.05) is 37.4 Å². The molecule has 2 N–H and O–H groups in total. The first-order valence-corrected chi connectivity index (χ1v) is 9.38. The second-order valence-corrected chi connectivity index (χ2v) is 6.98. The third kappa shape index (κ3) is 6.00. The van der Waals surface area contributed by atoms with Crippen LogP contribution in [0.5, 0.6) is 11.5 Å². The van der Waals surface area contributed by atoms with Crippen molar-refractivity contribution in [3.05, 3.63) is 53.6 Å². The van der Waals surface area contributed by atoms with Crippen LogP contribution in [0, 0.1) is 0 Å². The molecule has 0 heterocycles. The number of hydrogen-bond acceptors (Lipinski definition) is 3. The number of carbonyl (C=O) groups excluding carboxylic acids is 1. The van der Waals surface area contributed by atoms with Gasteiger partial charge >= 0.3 is 0 Å². The third-order valence-corrected chi connectivity index (χ3v) is 4.79. The topological polar surface area (TPSA) is 52.0 Å². The van der Waals surface area contributed by atoms with E-state index < -0.39 is 0 Å². The van der Waals surface area contributed by atoms with Crippen molar-refractivity contribution < 1.29 is 19.2 Å². The van der Waals surface area contributed by atoms with E-state index in [0.717, 1.165) is 29.1 Å². The summed E-state index contributed by atoms with van der Waals surface area (Å²) in [6.07, 6.45) is 1.11. The molecule has 2 rings (SSSR count). The highest BCUT2D eigenvalue weighted by Crippen LogP contribution is 2.27. The Morgan fingerprint density at radius 1 is 1.07 bits per heavy atom. The van der Waals surface area contributed by atoms with Gasteiger partial charge in [-0.2, -0.15) is 0 Å². The lowest BCUT2D eigenvalue weighted by molar-refractivity contribution is -0.885. The second-order valence-electron chi connectivity index (χ2n) is 6.98. The van der Waals surface area contributed by atoms with E-state index in [2.05, 4.69) is 31.3 Å². The van der Waals surface area contributed by atoms with Gasteiger partial charge in [0.25, 0.3) is 5.91 Å². The van der Waals surface area contributed by atoms with Crippen LogP contribution in [0.25, 0.3) is 0 Å². The summed E-state index contributed by atoms with van der Waals surface area (Å²) in [6, 6.07) is 14.0. The van der Waals surface area contributed by atoms with Crippen LogP contribution in [0.1, 0.15) is 37.3 Å². The monoisotopic (exact) mass is 371 g/mol. The van der Waals surface area contributed by atoms with Gasteiger partial charge in [0.15, 0.2) is 18.0 Å². The molecule has 0 saturated carbocycles. The van der Waals surface area contributed by atoms with Crippen LogP contribution in [-0.4, -0.2) is 33.7 Å². The highest BCUT2D eigenvalue weighted by atomic mass is 16.5. The van der Waals surface area contributed by atoms with Gasteiger partial charge in [0.2, 0.25) is 0 Å². The first kappa shape index (κ1) is 20.8. The number of ether oxygens (including phenoxy) is 2. The normalized spacial score (nSPS) is 12.9. The van der Waals surface area contributed by atoms with Crippen molar-refractivity contribution in [2.75, 3.05) is 33.1 Å². The number of quaternary nitrogens is 1. The smallest absolute Gasteiger partial charge is 0.279 e. The van der Waals surface area contributed by atoms with Crippen molar-refractivity contribution in [1.82, 2.24) is 0 Å². The molecular weight excluding hydrogens is 340 g/mol. The van der Waals surface area contributed by atoms with E-state index in [0.29, 0.717) is 24.0 Å². The molecule has 0 spiro atoms. The van der Waals surface area contributed by atoms with Crippen molar-refractivity contribution >= 4 is 11.6 Å². The SMILES string of the molecule is CC[C@@H](C)c1ccc(NC(=O)C[NH+](C)Cc2ccc(OC)c(OC)c2)cc1. The predicted octanol–water partition coefficient (Wildman–Crippen LogP) is 2.87. The Bertz CT molecular complexity index is 744. The highest BCUT2D eigenvalue weighted by molar-refractivity contribution is 5.91. The van der Waals surface area contributed by atoms with Crippen molar-refractivity contribution in [1.29, 1.82) is 0 Å². The maximum Gasteiger partial charge on any atom is 0.279 e. The van der Waals surface area contributed by atoms with Crippen molar-refractivity contribution in [3.8, 4) is 11.5 Å². The first-order chi connectivity index (χ1) is 13.0. The molecular formula is C22H31N2O3+. The molecule has 0 aliphatic carbocycles. The summed E-state index contributed by atoms with van der Waals surface area (Å²) in [5, 5.41) is 2.98. The second kappa shape index (κ2) is 9.97. The lowest BCUT2D eigenvalue weighted by Gasteiger charge is -2.16. The van der Waals surface area contributed by atoms with Gasteiger partial charge in [-0.1, -0.05) is 26.0 Å². The molecule has 0 aliphatic heterocycles. The standard InChI is InChI=1S/C22H30N2O3/c1-6-16(2)18-8-10-19(11-9-18)23-22(25)15-24(3)14-17-7-12-20(26-4)21(13-17)27-5/h7-13,16H,6,14-15H2,1-5H3,(H,23,25)/p+1/t16-/m1/s1. The van der Waals surface area contributed by atoms with Gasteiger partial charge in [0.05, 0.1) is 21.3 Å². The minimum atomic E-state index is 0.00395. The number of anilines is 1. The Hall–Kier alpha value is -2.53. The Kier molecular flexibility index (Phi) is 7.67. The summed E-state index contributed by atoms with van der Waals surface area (Å²) in [4.78, 5) is 13.4. The Morgan fingerprint density at radius 2 is 1.74 bits per heavy atom. The number of methoxy groups -OCH3 is 2. The minimum Gasteiger partial charge on any atom is -0.493 e. The van der Waals surface area contributed by atoms with Crippen LogP contribution in [0.15, 0.2) is 42.5 Å². The van der Waals surface area contributed by atoms with Gasteiger partial charge in [-0.15, -0.1) is 0 Å². The molecule has 2 atom stereocenters. The Labute approximate surface area is 162 Å². The van der Waals surface area contributed by atoms with Gasteiger partial charge in [-0.3, -0.25) is 4.79 Å². The fourth-order valence-electron chi connectivity index (χ4n) is 3.01. The summed E-state index contributed by atoms with van der Waals surface area (Å²) in [5.74, 6) is 1.95. The zero-order valence-electron chi connectivity index (χ0n) is 17.0. The predicted molar refractivity (Wildman–Crippen MR) is 109 cm³/mol. The van der Waals surface area contributed by atoms with Crippen LogP contribution < -0.4 is 19.7 Å². The van der Waals surface area contributed by atoms with Gasteiger partial charge in [-0.05, 0) is 48.2 Å². The summed E-state index contributed by atoms with van der Waals surface area (Å²) >= 11 is 0. The summed E-state index contributed by atoms with van der Waals surface area (Å²) in [5.41, 5.74) is 3.23. The average Bonchev–Trinajstić information content (AvgIpc) is 2.67. The fraction of sp³-hybridized carbons (Fsp3) is 0.409. The average molecular weight is 372 g/mol. The summed E-state index contributed by atoms with van der Waals surface area (Å²) < 4.78 is 10.6. The molecule has 1 unspecified atom stereocenters. The molecule has 5 heteroatoms. The molecule has 146 valence electrons. The number of carbonyl (C=O) groups is 1. The fourth-order valence-corrected chi connectivity index (χ4v) is 3.01. The number of nitrogens with one attached hydrogen (secondary N) is 2. The van der Waals surface area contributed by atoms with Crippen LogP contribution in [0.3, 0.4) is 0 Å². The maximum absolute atomic E-state index is 12.3. The summed E-state index contributed by atoms with van der Waals surface area (Å²) in [7, 11) is 5.25. The zero-order chi connectivity index (χ0) is 19.8. The maximum atomic E-state index is 12.3. The molecule has 2 aromatic rings. The van der Waals surface area contributed by atoms with Crippen LogP contribution in [-0.2, 0) is 11.3 Å². The zero-order valence-corrected chi connectivity index (χ0v) is 17.0. The van der Waals surface area contributed by atoms with E-state index in [1.165, 1.54) is 5.56 Å². The largest absolute Gasteiger partial charge is 0.493 e. The first-order valence-electron chi connectivity index (χ1n) is 9.38. The van der Waals surface area contributed by atoms with Crippen molar-refractivity contribution in [2.45, 2.75) is 32.7 Å². The lowest BCUT2D eigenvalue weighted by atomic mass is 9.99. The van der Waals surface area contributed by atoms with E-state index in [9.17, 15) is 4.79 Å². The van der Waals surface area contributed by atoms with Crippen molar-refractivity contribution in [2.24, 2.45) is 0 Å². The molecule has 5 nitrogen and oxygen atoms in total. The molecule has 0 aromatic heterocycles. The number of likely N-dealkylation sites (N-methyl/N-ethyl adjacent to an activating group) is 1. The van der Waals surface area contributed by atoms with Crippen LogP contribution in [0.4, 0.5) is 5.69 Å². The molecule has 1 amide bonds. The van der Waals surface area contributed by atoms with Gasteiger partial charge < -0.3 is 19.7 Å². The Balaban J connectivity index is 1.90. The quantitative estimate of drug-likeness (QED) is 0.713. The van der Waals surface area contributed by atoms with Crippen LogP contribution in [0.2, 0.25) is 0 Å². The number of benzene rings is 2. The lowest BCUT2D eigenvalue weighted by Crippen LogP contribution is -3.08. The molecule has 2 aromatic carbocycles. The van der Waals surface area contributed by atoms with E-state index in [4.69, 9.17) is 9.47 Å². The molecule has 0 saturated heterocycles. The Morgan fingerprint density at radius 3 is 2.33 bits per heavy atom. The molecule has 0 aliphatic rings. The van der Waals surface area contributed by atoms with Gasteiger partial charge in [-0.25, -0.2) is 0 Å². The van der Waals surface area contributed by atoms with E-state index in [1.54, 1.807) is 14.2 Å². The van der Waals surface area contributed by atoms with Crippen LogP contribution >= 0.6 is 0 Å². The molecule has 0 bridgehead atoms. The van der Waals surface area contributed by atoms with E-state index in [-0.39, 0.29) is 5.91 Å². The summed E-state index contributed by atoms with van der Waals surface area (Å²) in [6.45, 7) is 5.50. The van der Waals surface area contributed by atoms with Gasteiger partial charge in [0, 0.05) is 11.3 Å². The van der Waals surface area contributed by atoms with E-state index >= 15 is 0 Å². The number of amides is 1. The molecule has 27 heavy (non-hydrogen) atoms.